The van der Waals surface area contributed by atoms with E-state index in [4.69, 9.17) is 4.74 Å². The minimum atomic E-state index is -3.49. The first kappa shape index (κ1) is 29.7. The fourth-order valence-corrected chi connectivity index (χ4v) is 7.98. The standard InChI is InChI=1S/C33H40N2O4S2/c1-3-4-5-6-25-19-31(40-23-25)26-9-12-32-28(20-26)21-27(15-18-41(32,37)38)33(36)34-29-10-7-24(8-11-29)22-35(2)30-13-16-39-17-14-30/h7-12,19-21,23,30H,3-6,13-18,22H2,1-2H3,(H,34,36). The van der Waals surface area contributed by atoms with Gasteiger partial charge in [-0.05, 0) is 103 Å². The van der Waals surface area contributed by atoms with Crippen LogP contribution in [0, 0.1) is 0 Å². The number of nitrogens with zero attached hydrogens (tertiary/aromatic N) is 1. The number of carbonyl (C=O) groups excluding carboxylic acids is 1. The number of anilines is 1. The molecule has 0 aliphatic carbocycles. The topological polar surface area (TPSA) is 75.7 Å². The van der Waals surface area contributed by atoms with Gasteiger partial charge >= 0.3 is 0 Å². The minimum Gasteiger partial charge on any atom is -0.381 e. The lowest BCUT2D eigenvalue weighted by molar-refractivity contribution is -0.112. The molecule has 3 aromatic rings. The van der Waals surface area contributed by atoms with Crippen LogP contribution < -0.4 is 5.32 Å². The molecular weight excluding hydrogens is 553 g/mol. The number of amides is 1. The van der Waals surface area contributed by atoms with E-state index in [1.807, 2.05) is 36.4 Å². The maximum Gasteiger partial charge on any atom is 0.251 e. The van der Waals surface area contributed by atoms with E-state index >= 15 is 0 Å². The SMILES string of the molecule is CCCCCc1csc(-c2ccc3c(c2)C=C(C(=O)Nc2ccc(CN(C)C4CCOCC4)cc2)CCS3(=O)=O)c1. The summed E-state index contributed by atoms with van der Waals surface area (Å²) in [6, 6.07) is 16.1. The lowest BCUT2D eigenvalue weighted by Crippen LogP contribution is -2.36. The molecule has 2 aromatic carbocycles. The largest absolute Gasteiger partial charge is 0.381 e. The minimum absolute atomic E-state index is 0.0866. The molecule has 0 radical (unpaired) electrons. The molecule has 41 heavy (non-hydrogen) atoms. The number of fused-ring (bicyclic) bond motifs is 1. The van der Waals surface area contributed by atoms with Gasteiger partial charge in [0.05, 0.1) is 10.6 Å². The fraction of sp³-hybridized carbons (Fsp3) is 0.424. The first-order chi connectivity index (χ1) is 19.8. The monoisotopic (exact) mass is 592 g/mol. The highest BCUT2D eigenvalue weighted by atomic mass is 32.2. The van der Waals surface area contributed by atoms with Gasteiger partial charge in [0.15, 0.2) is 9.84 Å². The third kappa shape index (κ3) is 7.55. The first-order valence-corrected chi connectivity index (χ1v) is 17.2. The Morgan fingerprint density at radius 1 is 1.05 bits per heavy atom. The van der Waals surface area contributed by atoms with Gasteiger partial charge in [0.1, 0.15) is 0 Å². The molecule has 8 heteroatoms. The van der Waals surface area contributed by atoms with Crippen molar-refractivity contribution >= 4 is 38.8 Å². The van der Waals surface area contributed by atoms with E-state index in [1.165, 1.54) is 30.4 Å². The van der Waals surface area contributed by atoms with E-state index in [0.29, 0.717) is 27.8 Å². The Bertz CT molecular complexity index is 1490. The second-order valence-corrected chi connectivity index (χ2v) is 14.2. The number of thiophene rings is 1. The zero-order chi connectivity index (χ0) is 28.8. The smallest absolute Gasteiger partial charge is 0.251 e. The summed E-state index contributed by atoms with van der Waals surface area (Å²) in [5.74, 6) is -0.351. The molecule has 1 saturated heterocycles. The predicted molar refractivity (Wildman–Crippen MR) is 168 cm³/mol. The lowest BCUT2D eigenvalue weighted by Gasteiger charge is -2.31. The van der Waals surface area contributed by atoms with E-state index < -0.39 is 9.84 Å². The van der Waals surface area contributed by atoms with Gasteiger partial charge in [-0.1, -0.05) is 38.0 Å². The zero-order valence-electron chi connectivity index (χ0n) is 24.0. The molecule has 1 amide bonds. The highest BCUT2D eigenvalue weighted by molar-refractivity contribution is 7.91. The van der Waals surface area contributed by atoms with Gasteiger partial charge in [-0.15, -0.1) is 11.3 Å². The van der Waals surface area contributed by atoms with Crippen LogP contribution in [0.25, 0.3) is 16.5 Å². The van der Waals surface area contributed by atoms with Crippen molar-refractivity contribution in [1.82, 2.24) is 4.90 Å². The number of nitrogens with one attached hydrogen (secondary N) is 1. The van der Waals surface area contributed by atoms with Crippen molar-refractivity contribution in [3.63, 3.8) is 0 Å². The van der Waals surface area contributed by atoms with E-state index in [1.54, 1.807) is 23.5 Å². The normalized spacial score (nSPS) is 17.1. The second-order valence-electron chi connectivity index (χ2n) is 11.2. The van der Waals surface area contributed by atoms with Gasteiger partial charge in [-0.3, -0.25) is 9.69 Å². The summed E-state index contributed by atoms with van der Waals surface area (Å²) in [5, 5.41) is 5.18. The molecule has 2 aliphatic heterocycles. The van der Waals surface area contributed by atoms with E-state index in [2.05, 4.69) is 35.6 Å². The predicted octanol–water partition coefficient (Wildman–Crippen LogP) is 6.96. The average Bonchev–Trinajstić information content (AvgIpc) is 3.40. The molecule has 6 nitrogen and oxygen atoms in total. The number of benzene rings is 2. The molecule has 1 N–H and O–H groups in total. The van der Waals surface area contributed by atoms with Gasteiger partial charge in [0.2, 0.25) is 0 Å². The summed E-state index contributed by atoms with van der Waals surface area (Å²) in [4.78, 5) is 17.1. The third-order valence-electron chi connectivity index (χ3n) is 8.07. The van der Waals surface area contributed by atoms with Crippen molar-refractivity contribution < 1.29 is 17.9 Å². The van der Waals surface area contributed by atoms with Gasteiger partial charge in [-0.2, -0.15) is 0 Å². The molecule has 0 saturated carbocycles. The molecule has 1 aromatic heterocycles. The zero-order valence-corrected chi connectivity index (χ0v) is 25.7. The van der Waals surface area contributed by atoms with Crippen molar-refractivity contribution in [3.8, 4) is 10.4 Å². The van der Waals surface area contributed by atoms with Crippen molar-refractivity contribution in [3.05, 3.63) is 76.2 Å². The molecule has 5 rings (SSSR count). The molecule has 0 unspecified atom stereocenters. The quantitative estimate of drug-likeness (QED) is 0.258. The van der Waals surface area contributed by atoms with Gasteiger partial charge in [-0.25, -0.2) is 8.42 Å². The van der Waals surface area contributed by atoms with Crippen LogP contribution in [0.2, 0.25) is 0 Å². The molecule has 218 valence electrons. The molecular formula is C33H40N2O4S2. The van der Waals surface area contributed by atoms with Crippen LogP contribution in [0.15, 0.2) is 64.4 Å². The fourth-order valence-electron chi connectivity index (χ4n) is 5.58. The Hall–Kier alpha value is -2.78. The number of ether oxygens (including phenoxy) is 1. The van der Waals surface area contributed by atoms with Crippen molar-refractivity contribution in [2.75, 3.05) is 31.3 Å². The van der Waals surface area contributed by atoms with Crippen LogP contribution in [0.1, 0.15) is 62.1 Å². The molecule has 0 spiro atoms. The van der Waals surface area contributed by atoms with Crippen LogP contribution in [-0.2, 0) is 32.3 Å². The van der Waals surface area contributed by atoms with E-state index in [-0.39, 0.29) is 18.1 Å². The third-order valence-corrected chi connectivity index (χ3v) is 10.9. The summed E-state index contributed by atoms with van der Waals surface area (Å²) in [5.41, 5.74) is 5.23. The van der Waals surface area contributed by atoms with Crippen LogP contribution in [0.3, 0.4) is 0 Å². The first-order valence-electron chi connectivity index (χ1n) is 14.7. The number of rotatable bonds is 10. The van der Waals surface area contributed by atoms with Gasteiger partial charge in [0, 0.05) is 41.9 Å². The summed E-state index contributed by atoms with van der Waals surface area (Å²) in [7, 11) is -1.35. The number of unbranched alkanes of at least 4 members (excludes halogenated alkanes) is 2. The van der Waals surface area contributed by atoms with E-state index in [0.717, 1.165) is 49.5 Å². The molecule has 0 atom stereocenters. The Balaban J connectivity index is 1.29. The summed E-state index contributed by atoms with van der Waals surface area (Å²) in [6.45, 7) is 4.68. The molecule has 0 bridgehead atoms. The molecule has 3 heterocycles. The molecule has 2 aliphatic rings. The Morgan fingerprint density at radius 2 is 1.83 bits per heavy atom. The maximum atomic E-state index is 13.3. The number of carbonyl (C=O) groups is 1. The maximum absolute atomic E-state index is 13.3. The Kier molecular flexibility index (Phi) is 9.75. The average molecular weight is 593 g/mol. The second kappa shape index (κ2) is 13.5. The Morgan fingerprint density at radius 3 is 2.59 bits per heavy atom. The molecule has 1 fully saturated rings. The number of hydrogen-bond acceptors (Lipinski definition) is 6. The van der Waals surface area contributed by atoms with E-state index in [9.17, 15) is 13.2 Å². The highest BCUT2D eigenvalue weighted by Crippen LogP contribution is 2.34. The van der Waals surface area contributed by atoms with Crippen LogP contribution in [-0.4, -0.2) is 51.3 Å². The van der Waals surface area contributed by atoms with Crippen molar-refractivity contribution in [1.29, 1.82) is 0 Å². The van der Waals surface area contributed by atoms with Crippen molar-refractivity contribution in [2.24, 2.45) is 0 Å². The lowest BCUT2D eigenvalue weighted by atomic mass is 10.0. The summed E-state index contributed by atoms with van der Waals surface area (Å²) >= 11 is 1.68. The summed E-state index contributed by atoms with van der Waals surface area (Å²) < 4.78 is 31.6. The van der Waals surface area contributed by atoms with Crippen LogP contribution >= 0.6 is 11.3 Å². The van der Waals surface area contributed by atoms with Gasteiger partial charge < -0.3 is 10.1 Å². The number of hydrogen-bond donors (Lipinski definition) is 1. The van der Waals surface area contributed by atoms with Gasteiger partial charge in [0.25, 0.3) is 5.91 Å². The van der Waals surface area contributed by atoms with Crippen molar-refractivity contribution in [2.45, 2.75) is 69.4 Å². The number of sulfone groups is 1. The summed E-state index contributed by atoms with van der Waals surface area (Å²) in [6.07, 6.45) is 8.67. The Labute approximate surface area is 248 Å². The number of aryl methyl sites for hydroxylation is 1. The highest BCUT2D eigenvalue weighted by Gasteiger charge is 2.25. The van der Waals surface area contributed by atoms with Crippen LogP contribution in [0.4, 0.5) is 5.69 Å². The van der Waals surface area contributed by atoms with Crippen LogP contribution in [0.5, 0.6) is 0 Å².